The first kappa shape index (κ1) is 13.6. The van der Waals surface area contributed by atoms with E-state index in [1.54, 1.807) is 0 Å². The van der Waals surface area contributed by atoms with Crippen molar-refractivity contribution in [1.82, 2.24) is 0 Å². The Hall–Kier alpha value is -0.390. The lowest BCUT2D eigenvalue weighted by Crippen LogP contribution is -2.04. The SMILES string of the molecule is CCCC=CCCCCOS(=O)(=O)O. The van der Waals surface area contributed by atoms with Crippen molar-refractivity contribution in [1.29, 1.82) is 0 Å². The normalized spacial score (nSPS) is 12.4. The maximum Gasteiger partial charge on any atom is 0.397 e. The van der Waals surface area contributed by atoms with Gasteiger partial charge in [0.15, 0.2) is 0 Å². The highest BCUT2D eigenvalue weighted by Crippen LogP contribution is 2.00. The van der Waals surface area contributed by atoms with Crippen LogP contribution in [0.3, 0.4) is 0 Å². The Morgan fingerprint density at radius 2 is 1.86 bits per heavy atom. The average molecular weight is 222 g/mol. The summed E-state index contributed by atoms with van der Waals surface area (Å²) < 4.78 is 32.6. The highest BCUT2D eigenvalue weighted by Gasteiger charge is 2.01. The van der Waals surface area contributed by atoms with Gasteiger partial charge < -0.3 is 0 Å². The van der Waals surface area contributed by atoms with Crippen LogP contribution in [-0.2, 0) is 14.6 Å². The summed E-state index contributed by atoms with van der Waals surface area (Å²) in [5.41, 5.74) is 0. The van der Waals surface area contributed by atoms with E-state index in [4.69, 9.17) is 4.55 Å². The van der Waals surface area contributed by atoms with Crippen LogP contribution in [-0.4, -0.2) is 19.6 Å². The standard InChI is InChI=1S/C9H18O4S/c1-2-3-4-5-6-7-8-9-13-14(10,11)12/h4-5H,2-3,6-9H2,1H3,(H,10,11,12). The van der Waals surface area contributed by atoms with Crippen molar-refractivity contribution < 1.29 is 17.2 Å². The smallest absolute Gasteiger partial charge is 0.264 e. The van der Waals surface area contributed by atoms with Gasteiger partial charge in [-0.05, 0) is 25.7 Å². The van der Waals surface area contributed by atoms with Crippen LogP contribution in [0.4, 0.5) is 0 Å². The second-order valence-corrected chi connectivity index (χ2v) is 4.10. The molecule has 0 amide bonds. The van der Waals surface area contributed by atoms with E-state index in [0.717, 1.165) is 25.7 Å². The fourth-order valence-corrected chi connectivity index (χ4v) is 1.26. The first-order valence-corrected chi connectivity index (χ1v) is 6.19. The molecule has 0 heterocycles. The first-order chi connectivity index (χ1) is 6.56. The van der Waals surface area contributed by atoms with E-state index in [2.05, 4.69) is 23.3 Å². The Kier molecular flexibility index (Phi) is 7.74. The number of allylic oxidation sites excluding steroid dienone is 2. The molecule has 0 fully saturated rings. The highest BCUT2D eigenvalue weighted by molar-refractivity contribution is 7.80. The molecular formula is C9H18O4S. The lowest BCUT2D eigenvalue weighted by atomic mass is 10.2. The molecule has 0 saturated carbocycles. The zero-order valence-corrected chi connectivity index (χ0v) is 9.29. The van der Waals surface area contributed by atoms with Gasteiger partial charge in [-0.1, -0.05) is 25.5 Å². The maximum atomic E-state index is 10.1. The summed E-state index contributed by atoms with van der Waals surface area (Å²) in [4.78, 5) is 0. The quantitative estimate of drug-likeness (QED) is 0.389. The minimum Gasteiger partial charge on any atom is -0.264 e. The third-order valence-corrected chi connectivity index (χ3v) is 2.08. The maximum absolute atomic E-state index is 10.1. The van der Waals surface area contributed by atoms with Crippen LogP contribution in [0, 0.1) is 0 Å². The number of unbranched alkanes of at least 4 members (excludes halogenated alkanes) is 3. The van der Waals surface area contributed by atoms with Gasteiger partial charge in [0, 0.05) is 0 Å². The van der Waals surface area contributed by atoms with Crippen LogP contribution in [0.15, 0.2) is 12.2 Å². The van der Waals surface area contributed by atoms with E-state index >= 15 is 0 Å². The second-order valence-electron chi connectivity index (χ2n) is 3.01. The Balaban J connectivity index is 3.22. The van der Waals surface area contributed by atoms with E-state index < -0.39 is 10.4 Å². The number of rotatable bonds is 8. The van der Waals surface area contributed by atoms with Gasteiger partial charge in [-0.25, -0.2) is 4.18 Å². The molecule has 0 aliphatic heterocycles. The molecule has 0 saturated heterocycles. The van der Waals surface area contributed by atoms with Crippen molar-refractivity contribution >= 4 is 10.4 Å². The van der Waals surface area contributed by atoms with Crippen molar-refractivity contribution in [3.8, 4) is 0 Å². The fraction of sp³-hybridized carbons (Fsp3) is 0.778. The largest absolute Gasteiger partial charge is 0.397 e. The number of hydrogen-bond donors (Lipinski definition) is 1. The summed E-state index contributed by atoms with van der Waals surface area (Å²) in [5.74, 6) is 0. The van der Waals surface area contributed by atoms with Gasteiger partial charge in [0.2, 0.25) is 0 Å². The molecule has 0 aliphatic carbocycles. The van der Waals surface area contributed by atoms with Gasteiger partial charge in [0.05, 0.1) is 6.61 Å². The molecule has 84 valence electrons. The molecule has 0 rings (SSSR count). The molecule has 5 heteroatoms. The molecule has 0 spiro atoms. The lowest BCUT2D eigenvalue weighted by molar-refractivity contribution is 0.263. The first-order valence-electron chi connectivity index (χ1n) is 4.83. The van der Waals surface area contributed by atoms with E-state index in [1.807, 2.05) is 0 Å². The summed E-state index contributed by atoms with van der Waals surface area (Å²) >= 11 is 0. The van der Waals surface area contributed by atoms with Crippen LogP contribution >= 0.6 is 0 Å². The predicted molar refractivity (Wildman–Crippen MR) is 55.4 cm³/mol. The molecule has 0 aliphatic rings. The second kappa shape index (κ2) is 7.96. The number of hydrogen-bond acceptors (Lipinski definition) is 3. The Morgan fingerprint density at radius 3 is 2.43 bits per heavy atom. The summed E-state index contributed by atoms with van der Waals surface area (Å²) in [6.07, 6.45) is 8.85. The summed E-state index contributed by atoms with van der Waals surface area (Å²) in [6.45, 7) is 2.17. The third kappa shape index (κ3) is 11.6. The summed E-state index contributed by atoms with van der Waals surface area (Å²) in [7, 11) is -4.24. The Morgan fingerprint density at radius 1 is 1.21 bits per heavy atom. The average Bonchev–Trinajstić information content (AvgIpc) is 2.08. The zero-order chi connectivity index (χ0) is 10.9. The monoisotopic (exact) mass is 222 g/mol. The molecule has 4 nitrogen and oxygen atoms in total. The third-order valence-electron chi connectivity index (χ3n) is 1.62. The zero-order valence-electron chi connectivity index (χ0n) is 8.48. The molecule has 0 bridgehead atoms. The van der Waals surface area contributed by atoms with Crippen molar-refractivity contribution in [2.24, 2.45) is 0 Å². The molecule has 0 aromatic heterocycles. The molecule has 0 aromatic rings. The van der Waals surface area contributed by atoms with Gasteiger partial charge in [0.25, 0.3) is 0 Å². The molecular weight excluding hydrogens is 204 g/mol. The molecule has 0 aromatic carbocycles. The fourth-order valence-electron chi connectivity index (χ4n) is 0.931. The summed E-state index contributed by atoms with van der Waals surface area (Å²) in [6, 6.07) is 0. The molecule has 1 N–H and O–H groups in total. The Bertz CT molecular complexity index is 244. The lowest BCUT2D eigenvalue weighted by Gasteiger charge is -1.97. The molecule has 0 atom stereocenters. The van der Waals surface area contributed by atoms with Crippen LogP contribution < -0.4 is 0 Å². The van der Waals surface area contributed by atoms with Crippen molar-refractivity contribution in [2.45, 2.75) is 39.0 Å². The molecule has 0 unspecified atom stereocenters. The van der Waals surface area contributed by atoms with E-state index in [9.17, 15) is 8.42 Å². The molecule has 14 heavy (non-hydrogen) atoms. The van der Waals surface area contributed by atoms with Gasteiger partial charge >= 0.3 is 10.4 Å². The van der Waals surface area contributed by atoms with Gasteiger partial charge in [-0.3, -0.25) is 4.55 Å². The van der Waals surface area contributed by atoms with Crippen molar-refractivity contribution in [3.05, 3.63) is 12.2 Å². The minimum atomic E-state index is -4.24. The van der Waals surface area contributed by atoms with Crippen LogP contribution in [0.1, 0.15) is 39.0 Å². The topological polar surface area (TPSA) is 63.6 Å². The molecule has 0 radical (unpaired) electrons. The van der Waals surface area contributed by atoms with Crippen LogP contribution in [0.5, 0.6) is 0 Å². The van der Waals surface area contributed by atoms with Crippen molar-refractivity contribution in [2.75, 3.05) is 6.61 Å². The van der Waals surface area contributed by atoms with E-state index in [0.29, 0.717) is 6.42 Å². The van der Waals surface area contributed by atoms with E-state index in [-0.39, 0.29) is 6.61 Å². The van der Waals surface area contributed by atoms with Gasteiger partial charge in [-0.15, -0.1) is 0 Å². The van der Waals surface area contributed by atoms with Crippen molar-refractivity contribution in [3.63, 3.8) is 0 Å². The Labute approximate surface area is 85.9 Å². The van der Waals surface area contributed by atoms with Gasteiger partial charge in [-0.2, -0.15) is 8.42 Å². The minimum absolute atomic E-state index is 0.0560. The predicted octanol–water partition coefficient (Wildman–Crippen LogP) is 2.33. The van der Waals surface area contributed by atoms with Gasteiger partial charge in [0.1, 0.15) is 0 Å². The highest BCUT2D eigenvalue weighted by atomic mass is 32.3. The summed E-state index contributed by atoms with van der Waals surface area (Å²) in [5, 5.41) is 0. The van der Waals surface area contributed by atoms with Crippen LogP contribution in [0.2, 0.25) is 0 Å². The van der Waals surface area contributed by atoms with E-state index in [1.165, 1.54) is 0 Å². The van der Waals surface area contributed by atoms with Crippen LogP contribution in [0.25, 0.3) is 0 Å².